The molecular weight excluding hydrogens is 376 g/mol. The highest BCUT2D eigenvalue weighted by atomic mass is 32.2. The molecule has 0 aliphatic heterocycles. The Labute approximate surface area is 164 Å². The average Bonchev–Trinajstić information content (AvgIpc) is 2.66. The van der Waals surface area contributed by atoms with Crippen LogP contribution in [0.3, 0.4) is 0 Å². The third kappa shape index (κ3) is 4.16. The van der Waals surface area contributed by atoms with Crippen LogP contribution in [0, 0.1) is 13.8 Å². The minimum absolute atomic E-state index is 0.0600. The van der Waals surface area contributed by atoms with E-state index in [1.54, 1.807) is 24.3 Å². The fourth-order valence-corrected chi connectivity index (χ4v) is 4.79. The highest BCUT2D eigenvalue weighted by Crippen LogP contribution is 2.21. The van der Waals surface area contributed by atoms with E-state index in [1.807, 2.05) is 26.0 Å². The van der Waals surface area contributed by atoms with Crippen LogP contribution in [0.25, 0.3) is 10.9 Å². The van der Waals surface area contributed by atoms with Gasteiger partial charge in [-0.25, -0.2) is 8.42 Å². The normalized spacial score (nSPS) is 12.0. The topological polar surface area (TPSA) is 90.5 Å². The second kappa shape index (κ2) is 8.26. The summed E-state index contributed by atoms with van der Waals surface area (Å²) in [5.41, 5.74) is 2.85. The minimum Gasteiger partial charge on any atom is -0.396 e. The van der Waals surface area contributed by atoms with Crippen LogP contribution in [-0.2, 0) is 16.6 Å². The van der Waals surface area contributed by atoms with E-state index in [0.29, 0.717) is 5.56 Å². The molecule has 0 saturated heterocycles. The Kier molecular flexibility index (Phi) is 5.98. The van der Waals surface area contributed by atoms with Gasteiger partial charge in [-0.05, 0) is 55.5 Å². The molecule has 28 heavy (non-hydrogen) atoms. The summed E-state index contributed by atoms with van der Waals surface area (Å²) in [6, 6.07) is 13.8. The van der Waals surface area contributed by atoms with E-state index < -0.39 is 10.0 Å². The van der Waals surface area contributed by atoms with Crippen molar-refractivity contribution in [3.63, 3.8) is 0 Å². The number of hydrogen-bond acceptors (Lipinski definition) is 4. The molecule has 2 N–H and O–H groups in total. The summed E-state index contributed by atoms with van der Waals surface area (Å²) in [4.78, 5) is 15.7. The maximum absolute atomic E-state index is 13.1. The average molecular weight is 401 g/mol. The first kappa shape index (κ1) is 20.3. The van der Waals surface area contributed by atoms with Crippen LogP contribution < -0.4 is 5.56 Å². The van der Waals surface area contributed by atoms with Gasteiger partial charge in [0.05, 0.1) is 10.4 Å². The number of H-pyrrole nitrogens is 1. The summed E-state index contributed by atoms with van der Waals surface area (Å²) in [6.45, 7) is 3.84. The molecule has 0 atom stereocenters. The number of sulfonamides is 1. The van der Waals surface area contributed by atoms with Crippen LogP contribution in [0.1, 0.15) is 23.1 Å². The molecule has 0 saturated carbocycles. The number of fused-ring (bicyclic) bond motifs is 1. The smallest absolute Gasteiger partial charge is 0.252 e. The molecule has 0 amide bonds. The number of aromatic amines is 1. The molecule has 0 unspecified atom stereocenters. The number of benzene rings is 2. The predicted molar refractivity (Wildman–Crippen MR) is 110 cm³/mol. The van der Waals surface area contributed by atoms with Gasteiger partial charge in [0, 0.05) is 25.3 Å². The van der Waals surface area contributed by atoms with E-state index in [4.69, 9.17) is 0 Å². The zero-order valence-corrected chi connectivity index (χ0v) is 16.8. The molecule has 7 heteroatoms. The standard InChI is InChI=1S/C21H24N2O4S/c1-15-11-16(2)20-17(12-15)13-18(21(25)22-20)14-23(9-6-10-24)28(26,27)19-7-4-3-5-8-19/h3-5,7-8,11-13,24H,6,9-10,14H2,1-2H3,(H,22,25). The van der Waals surface area contributed by atoms with Crippen molar-refractivity contribution in [1.29, 1.82) is 0 Å². The number of nitrogens with one attached hydrogen (secondary N) is 1. The number of nitrogens with zero attached hydrogens (tertiary/aromatic N) is 1. The molecule has 0 aliphatic carbocycles. The van der Waals surface area contributed by atoms with E-state index in [2.05, 4.69) is 4.98 Å². The van der Waals surface area contributed by atoms with Crippen molar-refractivity contribution in [2.24, 2.45) is 0 Å². The van der Waals surface area contributed by atoms with Gasteiger partial charge < -0.3 is 10.1 Å². The Bertz CT molecular complexity index is 1140. The fourth-order valence-electron chi connectivity index (χ4n) is 3.31. The van der Waals surface area contributed by atoms with Crippen LogP contribution in [0.2, 0.25) is 0 Å². The zero-order chi connectivity index (χ0) is 20.3. The Morgan fingerprint density at radius 2 is 1.79 bits per heavy atom. The molecule has 3 aromatic rings. The lowest BCUT2D eigenvalue weighted by Crippen LogP contribution is -2.34. The maximum atomic E-state index is 13.1. The SMILES string of the molecule is Cc1cc(C)c2[nH]c(=O)c(CN(CCCO)S(=O)(=O)c3ccccc3)cc2c1. The summed E-state index contributed by atoms with van der Waals surface area (Å²) in [6.07, 6.45) is 0.287. The lowest BCUT2D eigenvalue weighted by atomic mass is 10.1. The third-order valence-electron chi connectivity index (χ3n) is 4.66. The van der Waals surface area contributed by atoms with Crippen molar-refractivity contribution in [1.82, 2.24) is 9.29 Å². The Morgan fingerprint density at radius 3 is 2.46 bits per heavy atom. The number of aliphatic hydroxyl groups excluding tert-OH is 1. The van der Waals surface area contributed by atoms with E-state index in [-0.39, 0.29) is 36.6 Å². The number of pyridine rings is 1. The molecule has 0 spiro atoms. The zero-order valence-electron chi connectivity index (χ0n) is 16.0. The van der Waals surface area contributed by atoms with Crippen LogP contribution in [0.4, 0.5) is 0 Å². The molecule has 0 bridgehead atoms. The second-order valence-electron chi connectivity index (χ2n) is 6.90. The first-order chi connectivity index (χ1) is 13.3. The van der Waals surface area contributed by atoms with Crippen molar-refractivity contribution in [2.45, 2.75) is 31.7 Å². The van der Waals surface area contributed by atoms with Crippen LogP contribution in [0.5, 0.6) is 0 Å². The van der Waals surface area contributed by atoms with Gasteiger partial charge in [-0.3, -0.25) is 4.79 Å². The number of rotatable bonds is 7. The summed E-state index contributed by atoms with van der Waals surface area (Å²) in [7, 11) is -3.79. The largest absolute Gasteiger partial charge is 0.396 e. The third-order valence-corrected chi connectivity index (χ3v) is 6.52. The van der Waals surface area contributed by atoms with E-state index in [0.717, 1.165) is 22.0 Å². The lowest BCUT2D eigenvalue weighted by Gasteiger charge is -2.22. The summed E-state index contributed by atoms with van der Waals surface area (Å²) < 4.78 is 27.4. The van der Waals surface area contributed by atoms with Crippen molar-refractivity contribution < 1.29 is 13.5 Å². The van der Waals surface area contributed by atoms with E-state index in [1.165, 1.54) is 16.4 Å². The summed E-state index contributed by atoms with van der Waals surface area (Å²) in [5, 5.41) is 10.1. The van der Waals surface area contributed by atoms with Gasteiger partial charge in [-0.2, -0.15) is 4.31 Å². The van der Waals surface area contributed by atoms with Crippen molar-refractivity contribution in [3.05, 3.63) is 75.6 Å². The molecule has 6 nitrogen and oxygen atoms in total. The molecule has 0 fully saturated rings. The van der Waals surface area contributed by atoms with Gasteiger partial charge in [-0.1, -0.05) is 29.8 Å². The van der Waals surface area contributed by atoms with Crippen molar-refractivity contribution in [2.75, 3.05) is 13.2 Å². The number of hydrogen-bond donors (Lipinski definition) is 2. The van der Waals surface area contributed by atoms with Gasteiger partial charge in [0.1, 0.15) is 0 Å². The van der Waals surface area contributed by atoms with E-state index in [9.17, 15) is 18.3 Å². The summed E-state index contributed by atoms with van der Waals surface area (Å²) in [5.74, 6) is 0. The number of aliphatic hydroxyl groups is 1. The fraction of sp³-hybridized carbons (Fsp3) is 0.286. The van der Waals surface area contributed by atoms with Crippen LogP contribution in [-0.4, -0.2) is 36.0 Å². The molecular formula is C21H24N2O4S. The monoisotopic (exact) mass is 400 g/mol. The second-order valence-corrected chi connectivity index (χ2v) is 8.84. The van der Waals surface area contributed by atoms with Crippen LogP contribution in [0.15, 0.2) is 58.2 Å². The van der Waals surface area contributed by atoms with Gasteiger partial charge in [-0.15, -0.1) is 0 Å². The van der Waals surface area contributed by atoms with Crippen LogP contribution >= 0.6 is 0 Å². The lowest BCUT2D eigenvalue weighted by molar-refractivity contribution is 0.267. The van der Waals surface area contributed by atoms with Gasteiger partial charge in [0.25, 0.3) is 5.56 Å². The van der Waals surface area contributed by atoms with Crippen molar-refractivity contribution >= 4 is 20.9 Å². The van der Waals surface area contributed by atoms with Gasteiger partial charge >= 0.3 is 0 Å². The van der Waals surface area contributed by atoms with Crippen molar-refractivity contribution in [3.8, 4) is 0 Å². The van der Waals surface area contributed by atoms with E-state index >= 15 is 0 Å². The molecule has 1 aromatic heterocycles. The predicted octanol–water partition coefficient (Wildman–Crippen LogP) is 2.72. The first-order valence-corrected chi connectivity index (χ1v) is 10.6. The highest BCUT2D eigenvalue weighted by molar-refractivity contribution is 7.89. The minimum atomic E-state index is -3.79. The molecule has 148 valence electrons. The number of aromatic nitrogens is 1. The molecule has 2 aromatic carbocycles. The van der Waals surface area contributed by atoms with Gasteiger partial charge in [0.2, 0.25) is 10.0 Å². The Balaban J connectivity index is 2.04. The van der Waals surface area contributed by atoms with Gasteiger partial charge in [0.15, 0.2) is 0 Å². The maximum Gasteiger partial charge on any atom is 0.252 e. The quantitative estimate of drug-likeness (QED) is 0.638. The number of aryl methyl sites for hydroxylation is 2. The summed E-state index contributed by atoms with van der Waals surface area (Å²) >= 11 is 0. The molecule has 0 aliphatic rings. The Hall–Kier alpha value is -2.48. The highest BCUT2D eigenvalue weighted by Gasteiger charge is 2.25. The first-order valence-electron chi connectivity index (χ1n) is 9.12. The molecule has 3 rings (SSSR count). The molecule has 0 radical (unpaired) electrons. The molecule has 1 heterocycles. The Morgan fingerprint density at radius 1 is 1.07 bits per heavy atom.